The van der Waals surface area contributed by atoms with Gasteiger partial charge in [0.25, 0.3) is 0 Å². The summed E-state index contributed by atoms with van der Waals surface area (Å²) in [6, 6.07) is 11.3. The van der Waals surface area contributed by atoms with Crippen LogP contribution in [-0.4, -0.2) is 83.1 Å². The number of aromatic nitrogens is 1. The highest BCUT2D eigenvalue weighted by Crippen LogP contribution is 2.34. The number of nitrogens with one attached hydrogen (secondary N) is 6. The highest BCUT2D eigenvalue weighted by atomic mass is 79.9. The number of aromatic amines is 1. The molecule has 0 saturated carbocycles. The first kappa shape index (κ1) is 46.8. The first-order chi connectivity index (χ1) is 29.8. The Labute approximate surface area is 369 Å². The molecule has 0 saturated heterocycles. The quantitative estimate of drug-likeness (QED) is 0.0433. The monoisotopic (exact) mass is 912 g/mol. The van der Waals surface area contributed by atoms with Crippen molar-refractivity contribution in [3.05, 3.63) is 111 Å². The number of amides is 6. The van der Waals surface area contributed by atoms with E-state index in [0.717, 1.165) is 44.4 Å². The maximum atomic E-state index is 14.7. The van der Waals surface area contributed by atoms with Crippen molar-refractivity contribution < 1.29 is 28.8 Å². The van der Waals surface area contributed by atoms with Gasteiger partial charge < -0.3 is 48.8 Å². The maximum Gasteiger partial charge on any atom is 0.246 e. The fraction of sp³-hybridized carbons (Fsp3) is 0.400. The number of carbonyl (C=O) groups is 6. The normalized spacial score (nSPS) is 16.5. The van der Waals surface area contributed by atoms with Gasteiger partial charge in [0, 0.05) is 48.6 Å². The minimum absolute atomic E-state index is 0.0498. The lowest BCUT2D eigenvalue weighted by Crippen LogP contribution is -2.65. The number of carbonyl (C=O) groups excluding carboxylic acids is 6. The summed E-state index contributed by atoms with van der Waals surface area (Å²) in [5.41, 5.74) is 20.3. The third kappa shape index (κ3) is 13.1. The summed E-state index contributed by atoms with van der Waals surface area (Å²) in [6.07, 6.45) is 13.1. The molecule has 16 nitrogen and oxygen atoms in total. The number of aliphatic imine (C=N–C) groups is 1. The number of hydrogen-bond acceptors (Lipinski definition) is 7. The number of halogens is 1. The van der Waals surface area contributed by atoms with Crippen LogP contribution in [0.15, 0.2) is 82.4 Å². The van der Waals surface area contributed by atoms with E-state index in [1.54, 1.807) is 6.20 Å². The molecule has 2 aromatic carbocycles. The molecule has 5 rings (SSSR count). The fourth-order valence-electron chi connectivity index (χ4n) is 7.72. The van der Waals surface area contributed by atoms with E-state index in [4.69, 9.17) is 17.2 Å². The summed E-state index contributed by atoms with van der Waals surface area (Å²) in [6.45, 7) is 1.67. The molecule has 1 aromatic heterocycles. The molecule has 2 aliphatic rings. The van der Waals surface area contributed by atoms with E-state index in [2.05, 4.69) is 52.5 Å². The summed E-state index contributed by atoms with van der Waals surface area (Å²) >= 11 is 3.63. The van der Waals surface area contributed by atoms with Crippen molar-refractivity contribution >= 4 is 63.4 Å². The Kier molecular flexibility index (Phi) is 17.0. The second-order valence-corrected chi connectivity index (χ2v) is 16.5. The third-order valence-corrected chi connectivity index (χ3v) is 11.7. The molecule has 0 bridgehead atoms. The van der Waals surface area contributed by atoms with Crippen LogP contribution in [-0.2, 0) is 60.9 Å². The number of allylic oxidation sites excluding steroid dienone is 3. The number of nitrogens with two attached hydrogens (primary N) is 3. The molecule has 3 unspecified atom stereocenters. The van der Waals surface area contributed by atoms with Crippen molar-refractivity contribution in [3.63, 3.8) is 0 Å². The molecule has 62 heavy (non-hydrogen) atoms. The van der Waals surface area contributed by atoms with E-state index in [9.17, 15) is 28.8 Å². The molecule has 0 aliphatic heterocycles. The van der Waals surface area contributed by atoms with Crippen LogP contribution in [0, 0.1) is 0 Å². The number of rotatable bonds is 21. The SMILES string of the molecule is CCCCC(=O)NC1(C(=O)NC(Cc2ccccc2)C(=O)NC(CCCN=C(N)N)C(=O)N[C@@H](Cc2c[nH]c3c2CC=CC=C3)C(=O)NCC(N)=O)CCc2c(Br)cccc2C1. The van der Waals surface area contributed by atoms with Gasteiger partial charge >= 0.3 is 0 Å². The number of H-pyrrole nitrogens is 1. The number of nitrogens with zero attached hydrogens (tertiary/aromatic N) is 1. The van der Waals surface area contributed by atoms with Gasteiger partial charge in [0.15, 0.2) is 5.96 Å². The van der Waals surface area contributed by atoms with E-state index < -0.39 is 59.7 Å². The van der Waals surface area contributed by atoms with Gasteiger partial charge in [-0.2, -0.15) is 0 Å². The Morgan fingerprint density at radius 3 is 2.34 bits per heavy atom. The smallest absolute Gasteiger partial charge is 0.246 e. The Bertz CT molecular complexity index is 2180. The molecule has 3 aromatic rings. The molecule has 12 N–H and O–H groups in total. The molecule has 0 radical (unpaired) electrons. The molecule has 0 spiro atoms. The van der Waals surface area contributed by atoms with Crippen LogP contribution in [0.5, 0.6) is 0 Å². The molecule has 4 atom stereocenters. The van der Waals surface area contributed by atoms with E-state index >= 15 is 0 Å². The minimum Gasteiger partial charge on any atom is -0.370 e. The van der Waals surface area contributed by atoms with Crippen molar-refractivity contribution in [3.8, 4) is 0 Å². The topological polar surface area (TPSA) is 269 Å². The van der Waals surface area contributed by atoms with Crippen LogP contribution >= 0.6 is 15.9 Å². The second kappa shape index (κ2) is 22.6. The van der Waals surface area contributed by atoms with Crippen LogP contribution in [0.4, 0.5) is 0 Å². The third-order valence-electron chi connectivity index (χ3n) is 11.0. The van der Waals surface area contributed by atoms with Crippen molar-refractivity contribution in [1.82, 2.24) is 31.6 Å². The summed E-state index contributed by atoms with van der Waals surface area (Å²) in [5.74, 6) is -3.71. The Balaban J connectivity index is 1.44. The molecule has 2 aliphatic carbocycles. The van der Waals surface area contributed by atoms with Crippen molar-refractivity contribution in [2.24, 2.45) is 22.2 Å². The molecular weight excluding hydrogens is 856 g/mol. The van der Waals surface area contributed by atoms with Gasteiger partial charge in [-0.15, -0.1) is 0 Å². The second-order valence-electron chi connectivity index (χ2n) is 15.7. The highest BCUT2D eigenvalue weighted by molar-refractivity contribution is 9.10. The summed E-state index contributed by atoms with van der Waals surface area (Å²) in [5, 5.41) is 14.2. The highest BCUT2D eigenvalue weighted by Gasteiger charge is 2.44. The van der Waals surface area contributed by atoms with Gasteiger partial charge in [0.2, 0.25) is 35.4 Å². The first-order valence-corrected chi connectivity index (χ1v) is 21.7. The number of hydrogen-bond donors (Lipinski definition) is 9. The average molecular weight is 914 g/mol. The fourth-order valence-corrected chi connectivity index (χ4v) is 8.33. The predicted octanol–water partition coefficient (Wildman–Crippen LogP) is 2.03. The van der Waals surface area contributed by atoms with E-state index in [1.165, 1.54) is 0 Å². The van der Waals surface area contributed by atoms with Gasteiger partial charge in [-0.05, 0) is 78.5 Å². The molecule has 0 fully saturated rings. The molecular formula is C45H57BrN10O6. The van der Waals surface area contributed by atoms with Gasteiger partial charge in [-0.25, -0.2) is 0 Å². The van der Waals surface area contributed by atoms with Crippen LogP contribution in [0.2, 0.25) is 0 Å². The predicted molar refractivity (Wildman–Crippen MR) is 241 cm³/mol. The Morgan fingerprint density at radius 1 is 0.855 bits per heavy atom. The standard InChI is InChI=1S/C45H57BrN10O6/c1-2-3-19-39(58)56-45(21-20-31-29(25-45)14-10-16-33(31)46)43(62)55-36(23-28-12-6-4-7-13-28)42(61)53-35(18-11-22-50-44(48)49)41(60)54-37(40(59)52-27-38(47)57)24-30-26-51-34-17-9-5-8-15-32(30)34/h4-10,12-14,16-17,26,35-37,51H,2-3,11,15,18-25,27H2,1H3,(H2,47,57)(H,52,59)(H,53,61)(H,54,60)(H,55,62)(H,56,58)(H4,48,49,50)/t35?,36?,37-,45?/m0/s1. The molecule has 1 heterocycles. The molecule has 17 heteroatoms. The lowest BCUT2D eigenvalue weighted by atomic mass is 9.76. The lowest BCUT2D eigenvalue weighted by molar-refractivity contribution is -0.137. The van der Waals surface area contributed by atoms with Gasteiger partial charge in [0.05, 0.1) is 6.54 Å². The molecule has 330 valence electrons. The zero-order chi connectivity index (χ0) is 44.6. The van der Waals surface area contributed by atoms with Gasteiger partial charge in [-0.3, -0.25) is 33.8 Å². The van der Waals surface area contributed by atoms with Crippen molar-refractivity contribution in [2.45, 2.75) is 101 Å². The molecule has 6 amide bonds. The van der Waals surface area contributed by atoms with Crippen molar-refractivity contribution in [1.29, 1.82) is 0 Å². The van der Waals surface area contributed by atoms with Crippen LogP contribution in [0.3, 0.4) is 0 Å². The van der Waals surface area contributed by atoms with Crippen LogP contribution in [0.25, 0.3) is 6.08 Å². The number of primary amides is 1. The summed E-state index contributed by atoms with van der Waals surface area (Å²) in [4.78, 5) is 89.4. The Hall–Kier alpha value is -6.23. The summed E-state index contributed by atoms with van der Waals surface area (Å²) < 4.78 is 0.914. The summed E-state index contributed by atoms with van der Waals surface area (Å²) in [7, 11) is 0. The van der Waals surface area contributed by atoms with Crippen LogP contribution in [0.1, 0.15) is 79.0 Å². The van der Waals surface area contributed by atoms with Crippen molar-refractivity contribution in [2.75, 3.05) is 13.1 Å². The van der Waals surface area contributed by atoms with Crippen LogP contribution < -0.4 is 43.8 Å². The number of fused-ring (bicyclic) bond motifs is 2. The maximum absolute atomic E-state index is 14.7. The largest absolute Gasteiger partial charge is 0.370 e. The van der Waals surface area contributed by atoms with E-state index in [-0.39, 0.29) is 63.4 Å². The van der Waals surface area contributed by atoms with E-state index in [0.29, 0.717) is 19.3 Å². The zero-order valence-corrected chi connectivity index (χ0v) is 36.5. The van der Waals surface area contributed by atoms with Gasteiger partial charge in [-0.1, -0.05) is 90.0 Å². The number of unbranched alkanes of at least 4 members (excludes halogenated alkanes) is 1. The first-order valence-electron chi connectivity index (χ1n) is 20.9. The lowest BCUT2D eigenvalue weighted by Gasteiger charge is -2.39. The minimum atomic E-state index is -1.36. The average Bonchev–Trinajstić information content (AvgIpc) is 3.46. The number of guanidine groups is 1. The zero-order valence-electron chi connectivity index (χ0n) is 34.9. The number of benzene rings is 2. The van der Waals surface area contributed by atoms with E-state index in [1.807, 2.05) is 79.8 Å². The van der Waals surface area contributed by atoms with Gasteiger partial charge in [0.1, 0.15) is 23.7 Å². The Morgan fingerprint density at radius 2 is 1.60 bits per heavy atom.